The first-order valence-electron chi connectivity index (χ1n) is 8.86. The Morgan fingerprint density at radius 2 is 2.24 bits per heavy atom. The highest BCUT2D eigenvalue weighted by atomic mass is 32.2. The molecule has 146 valence electrons. The maximum absolute atomic E-state index is 11.7. The van der Waals surface area contributed by atoms with Crippen LogP contribution in [0.5, 0.6) is 0 Å². The number of pyridine rings is 1. The Hall–Kier alpha value is -3.46. The molecule has 1 aromatic carbocycles. The summed E-state index contributed by atoms with van der Waals surface area (Å²) in [4.78, 5) is 26.6. The van der Waals surface area contributed by atoms with Crippen molar-refractivity contribution >= 4 is 45.9 Å². The Labute approximate surface area is 170 Å². The van der Waals surface area contributed by atoms with Gasteiger partial charge in [-0.2, -0.15) is 5.10 Å². The first-order valence-corrected chi connectivity index (χ1v) is 9.74. The maximum atomic E-state index is 11.7. The van der Waals surface area contributed by atoms with Crippen molar-refractivity contribution in [2.75, 3.05) is 0 Å². The van der Waals surface area contributed by atoms with Crippen LogP contribution in [-0.4, -0.2) is 43.2 Å². The molecule has 1 amide bonds. The lowest BCUT2D eigenvalue weighted by molar-refractivity contribution is -0.138. The molecule has 0 spiro atoms. The number of carboxylic acid groups (broad SMARTS) is 1. The molecule has 1 aliphatic rings. The highest BCUT2D eigenvalue weighted by Crippen LogP contribution is 2.22. The summed E-state index contributed by atoms with van der Waals surface area (Å²) in [6.45, 7) is 0.716. The number of nitrogens with one attached hydrogen (secondary N) is 1. The zero-order valence-corrected chi connectivity index (χ0v) is 16.0. The van der Waals surface area contributed by atoms with Gasteiger partial charge < -0.3 is 15.0 Å². The van der Waals surface area contributed by atoms with Crippen LogP contribution in [0, 0.1) is 0 Å². The molecular formula is C20H17N5O3S. The third-order valence-electron chi connectivity index (χ3n) is 4.37. The molecule has 0 radical (unpaired) electrons. The van der Waals surface area contributed by atoms with E-state index in [2.05, 4.69) is 31.1 Å². The van der Waals surface area contributed by atoms with Gasteiger partial charge in [0.1, 0.15) is 5.25 Å². The smallest absolute Gasteiger partial charge is 0.305 e. The molecule has 9 heteroatoms. The van der Waals surface area contributed by atoms with Gasteiger partial charge in [-0.15, -0.1) is 5.10 Å². The van der Waals surface area contributed by atoms with Crippen molar-refractivity contribution in [1.29, 1.82) is 0 Å². The van der Waals surface area contributed by atoms with Crippen molar-refractivity contribution in [2.45, 2.75) is 18.2 Å². The van der Waals surface area contributed by atoms with Gasteiger partial charge in [0.25, 0.3) is 0 Å². The Balaban J connectivity index is 1.49. The quantitative estimate of drug-likeness (QED) is 0.482. The van der Waals surface area contributed by atoms with E-state index in [1.54, 1.807) is 12.4 Å². The largest absolute Gasteiger partial charge is 0.481 e. The van der Waals surface area contributed by atoms with Gasteiger partial charge in [0, 0.05) is 30.7 Å². The van der Waals surface area contributed by atoms with Gasteiger partial charge in [0.2, 0.25) is 5.91 Å². The van der Waals surface area contributed by atoms with Crippen LogP contribution in [0.25, 0.3) is 10.9 Å². The van der Waals surface area contributed by atoms with Gasteiger partial charge >= 0.3 is 5.97 Å². The van der Waals surface area contributed by atoms with Gasteiger partial charge in [0.05, 0.1) is 12.6 Å². The van der Waals surface area contributed by atoms with Crippen LogP contribution >= 0.6 is 11.8 Å². The molecule has 0 bridgehead atoms. The van der Waals surface area contributed by atoms with E-state index in [0.29, 0.717) is 11.7 Å². The van der Waals surface area contributed by atoms with Crippen molar-refractivity contribution in [2.24, 2.45) is 10.2 Å². The summed E-state index contributed by atoms with van der Waals surface area (Å²) in [6.07, 6.45) is 6.99. The van der Waals surface area contributed by atoms with E-state index >= 15 is 0 Å². The molecule has 1 saturated heterocycles. The summed E-state index contributed by atoms with van der Waals surface area (Å²) < 4.78 is 2.14. The number of rotatable bonds is 6. The third kappa shape index (κ3) is 4.52. The number of hydrogen-bond donors (Lipinski definition) is 2. The molecule has 3 heterocycles. The second kappa shape index (κ2) is 8.27. The van der Waals surface area contributed by atoms with E-state index in [0.717, 1.165) is 33.8 Å². The fourth-order valence-electron chi connectivity index (χ4n) is 3.00. The Morgan fingerprint density at radius 1 is 1.34 bits per heavy atom. The second-order valence-electron chi connectivity index (χ2n) is 6.47. The van der Waals surface area contributed by atoms with Crippen molar-refractivity contribution in [3.63, 3.8) is 0 Å². The highest BCUT2D eigenvalue weighted by Gasteiger charge is 2.32. The number of nitrogens with zero attached hydrogens (tertiary/aromatic N) is 4. The normalized spacial score (nSPS) is 18.0. The molecule has 3 aromatic rings. The number of amides is 1. The number of amidine groups is 1. The van der Waals surface area contributed by atoms with Crippen LogP contribution in [0.2, 0.25) is 0 Å². The van der Waals surface area contributed by atoms with Crippen LogP contribution in [0.4, 0.5) is 0 Å². The summed E-state index contributed by atoms with van der Waals surface area (Å²) >= 11 is 1.07. The van der Waals surface area contributed by atoms with Crippen LogP contribution in [-0.2, 0) is 16.1 Å². The maximum Gasteiger partial charge on any atom is 0.305 e. The first kappa shape index (κ1) is 18.9. The molecule has 0 aliphatic carbocycles. The minimum atomic E-state index is -1.02. The van der Waals surface area contributed by atoms with Gasteiger partial charge in [-0.25, -0.2) is 0 Å². The fraction of sp³-hybridized carbons (Fsp3) is 0.150. The fourth-order valence-corrected chi connectivity index (χ4v) is 3.92. The average Bonchev–Trinajstić information content (AvgIpc) is 3.25. The topological polar surface area (TPSA) is 109 Å². The number of fused-ring (bicyclic) bond motifs is 1. The van der Waals surface area contributed by atoms with Gasteiger partial charge in [-0.1, -0.05) is 30.0 Å². The van der Waals surface area contributed by atoms with E-state index in [1.165, 1.54) is 0 Å². The van der Waals surface area contributed by atoms with Crippen LogP contribution < -0.4 is 5.32 Å². The number of carboxylic acids is 1. The van der Waals surface area contributed by atoms with Gasteiger partial charge in [0.15, 0.2) is 5.17 Å². The molecule has 8 nitrogen and oxygen atoms in total. The summed E-state index contributed by atoms with van der Waals surface area (Å²) in [5.41, 5.74) is 3.04. The van der Waals surface area contributed by atoms with E-state index in [1.807, 2.05) is 42.7 Å². The minimum absolute atomic E-state index is 0.246. The SMILES string of the molecule is O=C(O)CC1SC(=NN=Cc2ccc3ccn(Cc4cccnc4)c3c2)NC1=O. The average molecular weight is 407 g/mol. The van der Waals surface area contributed by atoms with Crippen LogP contribution in [0.15, 0.2) is 65.2 Å². The number of aromatic nitrogens is 2. The molecule has 1 fully saturated rings. The van der Waals surface area contributed by atoms with Crippen molar-refractivity contribution in [1.82, 2.24) is 14.9 Å². The van der Waals surface area contributed by atoms with Crippen LogP contribution in [0.1, 0.15) is 17.5 Å². The molecule has 1 atom stereocenters. The summed E-state index contributed by atoms with van der Waals surface area (Å²) in [5, 5.41) is 20.1. The number of benzene rings is 1. The first-order chi connectivity index (χ1) is 14.1. The van der Waals surface area contributed by atoms with E-state index in [9.17, 15) is 9.59 Å². The number of aliphatic carboxylic acids is 1. The molecule has 1 unspecified atom stereocenters. The molecule has 1 aliphatic heterocycles. The number of carbonyl (C=O) groups is 2. The standard InChI is InChI=1S/C20H17N5O3S/c26-18(27)9-17-19(28)23-20(29-17)24-22-11-13-3-4-15-5-7-25(16(15)8-13)12-14-2-1-6-21-10-14/h1-8,10-11,17H,9,12H2,(H,26,27)(H,23,24,28). The van der Waals surface area contributed by atoms with Crippen LogP contribution in [0.3, 0.4) is 0 Å². The van der Waals surface area contributed by atoms with Gasteiger partial charge in [-0.3, -0.25) is 14.6 Å². The molecule has 4 rings (SSSR count). The van der Waals surface area contributed by atoms with E-state index in [-0.39, 0.29) is 12.3 Å². The van der Waals surface area contributed by atoms with Crippen molar-refractivity contribution < 1.29 is 14.7 Å². The Kier molecular flexibility index (Phi) is 5.39. The zero-order chi connectivity index (χ0) is 20.2. The number of thioether (sulfide) groups is 1. The summed E-state index contributed by atoms with van der Waals surface area (Å²) in [6, 6.07) is 12.0. The molecular weight excluding hydrogens is 390 g/mol. The number of hydrogen-bond acceptors (Lipinski definition) is 6. The van der Waals surface area contributed by atoms with Crippen molar-refractivity contribution in [3.05, 3.63) is 66.1 Å². The monoisotopic (exact) mass is 407 g/mol. The summed E-state index contributed by atoms with van der Waals surface area (Å²) in [5.74, 6) is -1.38. The zero-order valence-electron chi connectivity index (χ0n) is 15.2. The van der Waals surface area contributed by atoms with E-state index < -0.39 is 11.2 Å². The molecule has 2 aromatic heterocycles. The second-order valence-corrected chi connectivity index (χ2v) is 7.66. The highest BCUT2D eigenvalue weighted by molar-refractivity contribution is 8.15. The molecule has 29 heavy (non-hydrogen) atoms. The van der Waals surface area contributed by atoms with Crippen molar-refractivity contribution in [3.8, 4) is 0 Å². The Morgan fingerprint density at radius 3 is 3.03 bits per heavy atom. The lowest BCUT2D eigenvalue weighted by Crippen LogP contribution is -2.26. The predicted octanol–water partition coefficient (Wildman–Crippen LogP) is 2.48. The molecule has 0 saturated carbocycles. The Bertz CT molecular complexity index is 1120. The predicted molar refractivity (Wildman–Crippen MR) is 112 cm³/mol. The van der Waals surface area contributed by atoms with E-state index in [4.69, 9.17) is 5.11 Å². The molecule has 2 N–H and O–H groups in total. The third-order valence-corrected chi connectivity index (χ3v) is 5.44. The van der Waals surface area contributed by atoms with Gasteiger partial charge in [-0.05, 0) is 34.7 Å². The lowest BCUT2D eigenvalue weighted by Gasteiger charge is -2.05. The number of carbonyl (C=O) groups excluding carboxylic acids is 1. The summed E-state index contributed by atoms with van der Waals surface area (Å²) in [7, 11) is 0. The minimum Gasteiger partial charge on any atom is -0.481 e. The lowest BCUT2D eigenvalue weighted by atomic mass is 10.2.